The largest absolute Gasteiger partial charge is 0.307 e. The number of aryl methyl sites for hydroxylation is 1. The van der Waals surface area contributed by atoms with E-state index in [9.17, 15) is 14.4 Å². The minimum Gasteiger partial charge on any atom is -0.307 e. The maximum Gasteiger partial charge on any atom is 0.305 e. The fraction of sp³-hybridized carbons (Fsp3) is 0.346. The third kappa shape index (κ3) is 2.82. The number of benzene rings is 2. The maximum absolute atomic E-state index is 13.7. The number of aromatic amines is 1. The van der Waals surface area contributed by atoms with Gasteiger partial charge in [0.25, 0.3) is 0 Å². The number of nitrogens with one attached hydrogen (secondary N) is 1. The number of hydrogen-bond acceptors (Lipinski definition) is 5. The van der Waals surface area contributed by atoms with Crippen molar-refractivity contribution in [1.82, 2.24) is 4.98 Å². The van der Waals surface area contributed by atoms with Crippen LogP contribution in [-0.2, 0) is 9.59 Å². The van der Waals surface area contributed by atoms with Crippen LogP contribution in [0.2, 0.25) is 0 Å². The molecule has 2 aliphatic heterocycles. The summed E-state index contributed by atoms with van der Waals surface area (Å²) in [6, 6.07) is 16.0. The van der Waals surface area contributed by atoms with E-state index in [-0.39, 0.29) is 57.4 Å². The van der Waals surface area contributed by atoms with Crippen LogP contribution < -0.4 is 9.77 Å². The Morgan fingerprint density at radius 1 is 0.941 bits per heavy atom. The molecule has 7 rings (SSSR count). The molecule has 7 atom stereocenters. The van der Waals surface area contributed by atoms with Crippen molar-refractivity contribution in [2.24, 2.45) is 29.6 Å². The highest BCUT2D eigenvalue weighted by atomic mass is 79.9. The van der Waals surface area contributed by atoms with Crippen LogP contribution in [0.1, 0.15) is 28.3 Å². The first-order valence-electron chi connectivity index (χ1n) is 11.5. The van der Waals surface area contributed by atoms with E-state index in [0.717, 1.165) is 26.4 Å². The van der Waals surface area contributed by atoms with E-state index in [2.05, 4.69) is 33.0 Å². The van der Waals surface area contributed by atoms with Crippen LogP contribution in [0.25, 0.3) is 0 Å². The third-order valence-corrected chi connectivity index (χ3v) is 11.4. The molecule has 8 heteroatoms. The van der Waals surface area contributed by atoms with Crippen molar-refractivity contribution >= 4 is 56.5 Å². The molecule has 4 aliphatic rings. The van der Waals surface area contributed by atoms with Crippen molar-refractivity contribution in [3.63, 3.8) is 0 Å². The highest BCUT2D eigenvalue weighted by Gasteiger charge is 2.69. The van der Waals surface area contributed by atoms with Crippen LogP contribution >= 0.6 is 39.0 Å². The Morgan fingerprint density at radius 2 is 1.62 bits per heavy atom. The number of nitrogens with zero attached hydrogens (tertiary/aromatic N) is 1. The minimum atomic E-state index is -0.268. The number of H-pyrrole nitrogens is 1. The molecule has 2 aliphatic carbocycles. The van der Waals surface area contributed by atoms with Gasteiger partial charge in [-0.15, -0.1) is 11.8 Å². The van der Waals surface area contributed by atoms with Gasteiger partial charge in [0.05, 0.1) is 22.5 Å². The number of aromatic nitrogens is 1. The van der Waals surface area contributed by atoms with Gasteiger partial charge in [0.2, 0.25) is 11.8 Å². The Hall–Kier alpha value is -2.16. The Kier molecular flexibility index (Phi) is 4.61. The second-order valence-electron chi connectivity index (χ2n) is 9.86. The third-order valence-electron chi connectivity index (χ3n) is 8.25. The van der Waals surface area contributed by atoms with Crippen molar-refractivity contribution in [1.29, 1.82) is 0 Å². The predicted molar refractivity (Wildman–Crippen MR) is 136 cm³/mol. The van der Waals surface area contributed by atoms with E-state index < -0.39 is 0 Å². The van der Waals surface area contributed by atoms with Crippen LogP contribution in [0.4, 0.5) is 5.69 Å². The van der Waals surface area contributed by atoms with Gasteiger partial charge in [0, 0.05) is 20.5 Å². The van der Waals surface area contributed by atoms with Gasteiger partial charge in [-0.3, -0.25) is 19.3 Å². The van der Waals surface area contributed by atoms with Crippen molar-refractivity contribution in [3.8, 4) is 0 Å². The zero-order valence-corrected chi connectivity index (χ0v) is 21.5. The van der Waals surface area contributed by atoms with Gasteiger partial charge in [-0.1, -0.05) is 57.1 Å². The summed E-state index contributed by atoms with van der Waals surface area (Å²) in [5.41, 5.74) is 2.95. The second-order valence-corrected chi connectivity index (χ2v) is 13.0. The first-order valence-corrected chi connectivity index (χ1v) is 14.0. The molecular weight excluding hydrogens is 532 g/mol. The predicted octanol–water partition coefficient (Wildman–Crippen LogP) is 5.19. The van der Waals surface area contributed by atoms with E-state index in [1.54, 1.807) is 11.8 Å². The lowest BCUT2D eigenvalue weighted by Gasteiger charge is -2.43. The quantitative estimate of drug-likeness (QED) is 0.444. The van der Waals surface area contributed by atoms with Crippen molar-refractivity contribution < 1.29 is 9.59 Å². The molecule has 2 aromatic carbocycles. The SMILES string of the molecule is Cc1ccc(N2C(=O)C3C4CC(C3C2=O)C2C(c3ccc(Br)cc3)c3sc(=O)[nH]c3SC42)cc1. The number of carbonyl (C=O) groups excluding carboxylic acids is 2. The molecular formula is C26H21BrN2O3S2. The summed E-state index contributed by atoms with van der Waals surface area (Å²) >= 11 is 6.55. The Labute approximate surface area is 213 Å². The molecule has 172 valence electrons. The van der Waals surface area contributed by atoms with E-state index >= 15 is 0 Å². The number of thiazole rings is 1. The lowest BCUT2D eigenvalue weighted by Crippen LogP contribution is -2.42. The number of anilines is 1. The second kappa shape index (κ2) is 7.42. The van der Waals surface area contributed by atoms with Gasteiger partial charge < -0.3 is 4.98 Å². The fourth-order valence-corrected chi connectivity index (χ4v) is 10.2. The number of halogens is 1. The smallest absolute Gasteiger partial charge is 0.305 e. The van der Waals surface area contributed by atoms with Crippen molar-refractivity contribution in [3.05, 3.63) is 78.7 Å². The summed E-state index contributed by atoms with van der Waals surface area (Å²) in [7, 11) is 0. The summed E-state index contributed by atoms with van der Waals surface area (Å²) in [6.45, 7) is 2.00. The molecule has 1 N–H and O–H groups in total. The molecule has 2 bridgehead atoms. The van der Waals surface area contributed by atoms with Gasteiger partial charge in [0.1, 0.15) is 0 Å². The van der Waals surface area contributed by atoms with Gasteiger partial charge in [-0.25, -0.2) is 0 Å². The fourth-order valence-electron chi connectivity index (χ4n) is 7.01. The van der Waals surface area contributed by atoms with E-state index in [0.29, 0.717) is 5.69 Å². The van der Waals surface area contributed by atoms with E-state index in [4.69, 9.17) is 0 Å². The lowest BCUT2D eigenvalue weighted by molar-refractivity contribution is -0.123. The summed E-state index contributed by atoms with van der Waals surface area (Å²) in [4.78, 5) is 45.2. The number of imide groups is 1. The minimum absolute atomic E-state index is 0.0372. The van der Waals surface area contributed by atoms with Crippen molar-refractivity contribution in [2.45, 2.75) is 29.5 Å². The van der Waals surface area contributed by atoms with Gasteiger partial charge in [0.15, 0.2) is 0 Å². The molecule has 34 heavy (non-hydrogen) atoms. The Morgan fingerprint density at radius 3 is 2.32 bits per heavy atom. The molecule has 1 aromatic heterocycles. The molecule has 0 radical (unpaired) electrons. The molecule has 0 spiro atoms. The van der Waals surface area contributed by atoms with Crippen LogP contribution in [0.3, 0.4) is 0 Å². The highest BCUT2D eigenvalue weighted by molar-refractivity contribution is 9.10. The summed E-state index contributed by atoms with van der Waals surface area (Å²) in [5.74, 6) is -0.0464. The Balaban J connectivity index is 1.32. The molecule has 1 saturated heterocycles. The monoisotopic (exact) mass is 552 g/mol. The first-order chi connectivity index (χ1) is 16.4. The van der Waals surface area contributed by atoms with E-state index in [1.807, 2.05) is 43.3 Å². The number of amides is 2. The summed E-state index contributed by atoms with van der Waals surface area (Å²) < 4.78 is 1.01. The molecule has 3 heterocycles. The number of fused-ring (bicyclic) bond motifs is 9. The zero-order valence-electron chi connectivity index (χ0n) is 18.2. The van der Waals surface area contributed by atoms with E-state index in [1.165, 1.54) is 21.8 Å². The lowest BCUT2D eigenvalue weighted by atomic mass is 9.68. The molecule has 3 fully saturated rings. The highest BCUT2D eigenvalue weighted by Crippen LogP contribution is 2.68. The molecule has 3 aromatic rings. The number of rotatable bonds is 2. The first kappa shape index (κ1) is 21.1. The zero-order chi connectivity index (χ0) is 23.3. The average molecular weight is 554 g/mol. The summed E-state index contributed by atoms with van der Waals surface area (Å²) in [6.07, 6.45) is 0.906. The topological polar surface area (TPSA) is 70.2 Å². The maximum atomic E-state index is 13.7. The normalized spacial score (nSPS) is 33.2. The number of thioether (sulfide) groups is 1. The standard InChI is InChI=1S/C26H21BrN2O3S2/c1-11-2-8-14(9-3-11)29-24(30)19-15-10-16(20(19)25(29)31)21-18(15)17(12-4-6-13(27)7-5-12)22-23(33-21)28-26(32)34-22/h2-9,15-21H,10H2,1H3,(H,28,32). The molecule has 2 saturated carbocycles. The Bertz CT molecular complexity index is 1400. The molecule has 5 nitrogen and oxygen atoms in total. The van der Waals surface area contributed by atoms with Crippen LogP contribution in [-0.4, -0.2) is 22.0 Å². The number of hydrogen-bond donors (Lipinski definition) is 1. The summed E-state index contributed by atoms with van der Waals surface area (Å²) in [5, 5.41) is 1.16. The average Bonchev–Trinajstić information content (AvgIpc) is 3.54. The van der Waals surface area contributed by atoms with Crippen molar-refractivity contribution in [2.75, 3.05) is 4.90 Å². The van der Waals surface area contributed by atoms with Crippen LogP contribution in [0, 0.1) is 36.5 Å². The van der Waals surface area contributed by atoms with Gasteiger partial charge in [-0.05, 0) is 60.9 Å². The van der Waals surface area contributed by atoms with Gasteiger partial charge >= 0.3 is 4.87 Å². The molecule has 2 amide bonds. The van der Waals surface area contributed by atoms with Crippen LogP contribution in [0.15, 0.2) is 62.8 Å². The van der Waals surface area contributed by atoms with Gasteiger partial charge in [-0.2, -0.15) is 0 Å². The number of carbonyl (C=O) groups is 2. The molecule has 7 unspecified atom stereocenters. The van der Waals surface area contributed by atoms with Crippen LogP contribution in [0.5, 0.6) is 0 Å².